The predicted octanol–water partition coefficient (Wildman–Crippen LogP) is 2.88. The number of nitrogens with one attached hydrogen (secondary N) is 1. The third-order valence-electron chi connectivity index (χ3n) is 4.54. The standard InChI is InChI=1S/C16H25NO3/c18-15(13-10-6-7-11-14(13)16(19)20)17-12-8-4-2-1-3-5-9-12/h6-7,12-14H,1-5,8-11H2,(H,17,18)(H,19,20)/t13-,14-/m0/s1. The van der Waals surface area contributed by atoms with Gasteiger partial charge in [-0.25, -0.2) is 0 Å². The average Bonchev–Trinajstić information content (AvgIpc) is 2.41. The minimum absolute atomic E-state index is 0.0627. The Morgan fingerprint density at radius 1 is 0.900 bits per heavy atom. The maximum absolute atomic E-state index is 12.4. The van der Waals surface area contributed by atoms with Crippen molar-refractivity contribution in [3.8, 4) is 0 Å². The van der Waals surface area contributed by atoms with Crippen LogP contribution in [0, 0.1) is 11.8 Å². The first kappa shape index (κ1) is 15.1. The van der Waals surface area contributed by atoms with Gasteiger partial charge in [0.2, 0.25) is 5.91 Å². The van der Waals surface area contributed by atoms with Gasteiger partial charge >= 0.3 is 5.97 Å². The third kappa shape index (κ3) is 4.09. The van der Waals surface area contributed by atoms with Gasteiger partial charge in [-0.3, -0.25) is 9.59 Å². The molecule has 1 amide bonds. The van der Waals surface area contributed by atoms with Crippen LogP contribution >= 0.6 is 0 Å². The van der Waals surface area contributed by atoms with Crippen molar-refractivity contribution in [1.82, 2.24) is 5.32 Å². The van der Waals surface area contributed by atoms with Gasteiger partial charge in [-0.1, -0.05) is 44.3 Å². The molecule has 2 aliphatic rings. The number of hydrogen-bond donors (Lipinski definition) is 2. The molecule has 0 aromatic rings. The maximum Gasteiger partial charge on any atom is 0.307 e. The van der Waals surface area contributed by atoms with Crippen molar-refractivity contribution in [2.24, 2.45) is 11.8 Å². The second-order valence-electron chi connectivity index (χ2n) is 6.04. The van der Waals surface area contributed by atoms with E-state index in [4.69, 9.17) is 0 Å². The summed E-state index contributed by atoms with van der Waals surface area (Å²) in [5.74, 6) is -1.88. The average molecular weight is 279 g/mol. The molecule has 20 heavy (non-hydrogen) atoms. The van der Waals surface area contributed by atoms with Crippen molar-refractivity contribution in [1.29, 1.82) is 0 Å². The van der Waals surface area contributed by atoms with Gasteiger partial charge in [0, 0.05) is 6.04 Å². The molecule has 0 saturated heterocycles. The second kappa shape index (κ2) is 7.46. The van der Waals surface area contributed by atoms with E-state index in [1.807, 2.05) is 12.2 Å². The lowest BCUT2D eigenvalue weighted by Gasteiger charge is -2.28. The molecule has 4 nitrogen and oxygen atoms in total. The molecule has 0 unspecified atom stereocenters. The van der Waals surface area contributed by atoms with Crippen molar-refractivity contribution in [2.75, 3.05) is 0 Å². The molecule has 0 bridgehead atoms. The Labute approximate surface area is 120 Å². The summed E-state index contributed by atoms with van der Waals surface area (Å²) in [5, 5.41) is 12.3. The van der Waals surface area contributed by atoms with E-state index in [9.17, 15) is 14.7 Å². The highest BCUT2D eigenvalue weighted by Gasteiger charge is 2.34. The summed E-state index contributed by atoms with van der Waals surface area (Å²) in [7, 11) is 0. The van der Waals surface area contributed by atoms with Gasteiger partial charge in [-0.05, 0) is 25.7 Å². The summed E-state index contributed by atoms with van der Waals surface area (Å²) in [6.45, 7) is 0. The van der Waals surface area contributed by atoms with Crippen LogP contribution in [-0.2, 0) is 9.59 Å². The zero-order valence-electron chi connectivity index (χ0n) is 12.0. The minimum Gasteiger partial charge on any atom is -0.481 e. The molecule has 2 atom stereocenters. The van der Waals surface area contributed by atoms with Crippen molar-refractivity contribution < 1.29 is 14.7 Å². The van der Waals surface area contributed by atoms with Crippen LogP contribution < -0.4 is 5.32 Å². The Morgan fingerprint density at radius 3 is 2.05 bits per heavy atom. The topological polar surface area (TPSA) is 66.4 Å². The Kier molecular flexibility index (Phi) is 5.62. The first-order valence-corrected chi connectivity index (χ1v) is 7.86. The van der Waals surface area contributed by atoms with Crippen LogP contribution in [0.4, 0.5) is 0 Å². The van der Waals surface area contributed by atoms with Crippen molar-refractivity contribution in [3.05, 3.63) is 12.2 Å². The number of carboxylic acid groups (broad SMARTS) is 1. The number of amides is 1. The van der Waals surface area contributed by atoms with Crippen LogP contribution in [0.3, 0.4) is 0 Å². The molecule has 1 saturated carbocycles. The van der Waals surface area contributed by atoms with Crippen molar-refractivity contribution in [2.45, 2.75) is 63.8 Å². The van der Waals surface area contributed by atoms with Gasteiger partial charge in [-0.15, -0.1) is 0 Å². The lowest BCUT2D eigenvalue weighted by atomic mass is 9.82. The summed E-state index contributed by atoms with van der Waals surface area (Å²) in [5.41, 5.74) is 0. The van der Waals surface area contributed by atoms with Crippen LogP contribution in [0.2, 0.25) is 0 Å². The van der Waals surface area contributed by atoms with Gasteiger partial charge in [-0.2, -0.15) is 0 Å². The molecule has 2 N–H and O–H groups in total. The largest absolute Gasteiger partial charge is 0.481 e. The van der Waals surface area contributed by atoms with E-state index < -0.39 is 17.8 Å². The van der Waals surface area contributed by atoms with Crippen LogP contribution in [0.25, 0.3) is 0 Å². The zero-order valence-corrected chi connectivity index (χ0v) is 12.0. The molecule has 2 rings (SSSR count). The van der Waals surface area contributed by atoms with E-state index in [0.717, 1.165) is 25.7 Å². The predicted molar refractivity (Wildman–Crippen MR) is 77.2 cm³/mol. The number of hydrogen-bond acceptors (Lipinski definition) is 2. The van der Waals surface area contributed by atoms with Crippen molar-refractivity contribution in [3.63, 3.8) is 0 Å². The van der Waals surface area contributed by atoms with Gasteiger partial charge in [0.25, 0.3) is 0 Å². The summed E-state index contributed by atoms with van der Waals surface area (Å²) >= 11 is 0. The number of carbonyl (C=O) groups is 2. The molecule has 0 aliphatic heterocycles. The summed E-state index contributed by atoms with van der Waals surface area (Å²) in [4.78, 5) is 23.6. The Hall–Kier alpha value is -1.32. The first-order chi connectivity index (χ1) is 9.68. The molecule has 4 heteroatoms. The quantitative estimate of drug-likeness (QED) is 0.781. The fraction of sp³-hybridized carbons (Fsp3) is 0.750. The van der Waals surface area contributed by atoms with E-state index in [1.54, 1.807) is 0 Å². The second-order valence-corrected chi connectivity index (χ2v) is 6.04. The molecule has 0 aromatic heterocycles. The van der Waals surface area contributed by atoms with Crippen LogP contribution in [0.15, 0.2) is 12.2 Å². The number of allylic oxidation sites excluding steroid dienone is 2. The van der Waals surface area contributed by atoms with Gasteiger partial charge in [0.15, 0.2) is 0 Å². The Balaban J connectivity index is 1.91. The highest BCUT2D eigenvalue weighted by atomic mass is 16.4. The van der Waals surface area contributed by atoms with Gasteiger partial charge in [0.05, 0.1) is 11.8 Å². The smallest absolute Gasteiger partial charge is 0.307 e. The van der Waals surface area contributed by atoms with E-state index in [0.29, 0.717) is 12.8 Å². The Morgan fingerprint density at radius 2 is 1.45 bits per heavy atom. The molecule has 0 aromatic carbocycles. The fourth-order valence-corrected chi connectivity index (χ4v) is 3.29. The lowest BCUT2D eigenvalue weighted by Crippen LogP contribution is -2.43. The number of rotatable bonds is 3. The summed E-state index contributed by atoms with van der Waals surface area (Å²) in [6.07, 6.45) is 13.0. The SMILES string of the molecule is O=C(O)[C@H]1CC=CC[C@@H]1C(=O)NC1CCCCCCC1. The van der Waals surface area contributed by atoms with Crippen LogP contribution in [-0.4, -0.2) is 23.0 Å². The van der Waals surface area contributed by atoms with E-state index >= 15 is 0 Å². The molecule has 112 valence electrons. The third-order valence-corrected chi connectivity index (χ3v) is 4.54. The monoisotopic (exact) mass is 279 g/mol. The van der Waals surface area contributed by atoms with Crippen LogP contribution in [0.5, 0.6) is 0 Å². The summed E-state index contributed by atoms with van der Waals surface area (Å²) < 4.78 is 0. The highest BCUT2D eigenvalue weighted by Crippen LogP contribution is 2.27. The van der Waals surface area contributed by atoms with Gasteiger partial charge in [0.1, 0.15) is 0 Å². The lowest BCUT2D eigenvalue weighted by molar-refractivity contribution is -0.147. The normalized spacial score (nSPS) is 28.4. The highest BCUT2D eigenvalue weighted by molar-refractivity contribution is 5.85. The number of aliphatic carboxylic acids is 1. The summed E-state index contributed by atoms with van der Waals surface area (Å²) in [6, 6.07) is 0.239. The maximum atomic E-state index is 12.4. The first-order valence-electron chi connectivity index (χ1n) is 7.86. The fourth-order valence-electron chi connectivity index (χ4n) is 3.29. The molecule has 0 radical (unpaired) electrons. The molecule has 1 fully saturated rings. The van der Waals surface area contributed by atoms with E-state index in [2.05, 4.69) is 5.32 Å². The van der Waals surface area contributed by atoms with Gasteiger partial charge < -0.3 is 10.4 Å². The zero-order chi connectivity index (χ0) is 14.4. The number of carboxylic acids is 1. The molecule has 0 spiro atoms. The molecular weight excluding hydrogens is 254 g/mol. The molecule has 2 aliphatic carbocycles. The van der Waals surface area contributed by atoms with Crippen LogP contribution in [0.1, 0.15) is 57.8 Å². The van der Waals surface area contributed by atoms with E-state index in [-0.39, 0.29) is 11.9 Å². The minimum atomic E-state index is -0.854. The van der Waals surface area contributed by atoms with E-state index in [1.165, 1.54) is 19.3 Å². The van der Waals surface area contributed by atoms with Crippen molar-refractivity contribution >= 4 is 11.9 Å². The number of carbonyl (C=O) groups excluding carboxylic acids is 1. The molecule has 0 heterocycles. The Bertz CT molecular complexity index is 370. The molecular formula is C16H25NO3.